The normalized spacial score (nSPS) is 30.2. The predicted octanol–water partition coefficient (Wildman–Crippen LogP) is 1.63. The van der Waals surface area contributed by atoms with E-state index in [4.69, 9.17) is 5.26 Å². The van der Waals surface area contributed by atoms with Crippen LogP contribution >= 0.6 is 0 Å². The topological polar surface area (TPSA) is 27.0 Å². The molecule has 62 valence electrons. The molecule has 1 atom stereocenters. The number of hydrogen-bond acceptors (Lipinski definition) is 2. The van der Waals surface area contributed by atoms with E-state index in [9.17, 15) is 0 Å². The molecule has 0 spiro atoms. The number of likely N-dealkylation sites (tertiary alicyclic amines) is 1. The quantitative estimate of drug-likeness (QED) is 0.571. The summed E-state index contributed by atoms with van der Waals surface area (Å²) >= 11 is 0. The molecule has 0 radical (unpaired) electrons. The van der Waals surface area contributed by atoms with Crippen LogP contribution in [0.25, 0.3) is 0 Å². The Labute approximate surface area is 68.8 Å². The molecule has 0 aliphatic carbocycles. The number of hydrogen-bond donors (Lipinski definition) is 0. The SMILES string of the molecule is CN1CCC(CC#N)C1(C)C. The Hall–Kier alpha value is -0.550. The van der Waals surface area contributed by atoms with Gasteiger partial charge in [0, 0.05) is 12.0 Å². The molecule has 0 aromatic heterocycles. The maximum Gasteiger partial charge on any atom is 0.0625 e. The lowest BCUT2D eigenvalue weighted by Crippen LogP contribution is -2.39. The second-order valence-corrected chi connectivity index (χ2v) is 3.92. The fraction of sp³-hybridized carbons (Fsp3) is 0.889. The van der Waals surface area contributed by atoms with Gasteiger partial charge in [-0.3, -0.25) is 0 Å². The highest BCUT2D eigenvalue weighted by atomic mass is 15.2. The zero-order valence-corrected chi connectivity index (χ0v) is 7.59. The molecule has 1 unspecified atom stereocenters. The standard InChI is InChI=1S/C9H16N2/c1-9(2)8(4-6-10)5-7-11(9)3/h8H,4-5,7H2,1-3H3. The lowest BCUT2D eigenvalue weighted by molar-refractivity contribution is 0.174. The van der Waals surface area contributed by atoms with Gasteiger partial charge in [0.25, 0.3) is 0 Å². The largest absolute Gasteiger partial charge is 0.301 e. The summed E-state index contributed by atoms with van der Waals surface area (Å²) in [6.07, 6.45) is 1.88. The van der Waals surface area contributed by atoms with Gasteiger partial charge in [-0.25, -0.2) is 0 Å². The van der Waals surface area contributed by atoms with Crippen molar-refractivity contribution < 1.29 is 0 Å². The zero-order valence-electron chi connectivity index (χ0n) is 7.59. The summed E-state index contributed by atoms with van der Waals surface area (Å²) in [5.74, 6) is 0.567. The van der Waals surface area contributed by atoms with Crippen LogP contribution in [-0.2, 0) is 0 Å². The molecule has 1 aliphatic heterocycles. The highest BCUT2D eigenvalue weighted by Crippen LogP contribution is 2.34. The Morgan fingerprint density at radius 2 is 2.27 bits per heavy atom. The molecule has 1 saturated heterocycles. The first-order chi connectivity index (χ1) is 5.09. The van der Waals surface area contributed by atoms with Gasteiger partial charge in [0.1, 0.15) is 0 Å². The van der Waals surface area contributed by atoms with Crippen LogP contribution in [0.1, 0.15) is 26.7 Å². The minimum absolute atomic E-state index is 0.232. The van der Waals surface area contributed by atoms with Gasteiger partial charge >= 0.3 is 0 Å². The van der Waals surface area contributed by atoms with Crippen LogP contribution in [0.4, 0.5) is 0 Å². The van der Waals surface area contributed by atoms with Crippen molar-refractivity contribution in [1.29, 1.82) is 5.26 Å². The highest BCUT2D eigenvalue weighted by Gasteiger charge is 2.38. The van der Waals surface area contributed by atoms with E-state index in [-0.39, 0.29) is 5.54 Å². The number of nitriles is 1. The Morgan fingerprint density at radius 3 is 2.64 bits per heavy atom. The summed E-state index contributed by atoms with van der Waals surface area (Å²) in [4.78, 5) is 2.34. The molecule has 0 aromatic carbocycles. The number of nitrogens with zero attached hydrogens (tertiary/aromatic N) is 2. The van der Waals surface area contributed by atoms with E-state index in [0.717, 1.165) is 6.54 Å². The molecule has 0 N–H and O–H groups in total. The summed E-state index contributed by atoms with van der Waals surface area (Å²) < 4.78 is 0. The van der Waals surface area contributed by atoms with Crippen LogP contribution < -0.4 is 0 Å². The Bertz CT molecular complexity index is 178. The molecule has 0 amide bonds. The van der Waals surface area contributed by atoms with Crippen LogP contribution in [0.3, 0.4) is 0 Å². The molecular formula is C9H16N2. The fourth-order valence-corrected chi connectivity index (χ4v) is 1.76. The maximum atomic E-state index is 8.58. The van der Waals surface area contributed by atoms with Crippen LogP contribution in [0.2, 0.25) is 0 Å². The zero-order chi connectivity index (χ0) is 8.48. The third kappa shape index (κ3) is 1.39. The van der Waals surface area contributed by atoms with Crippen molar-refractivity contribution in [3.8, 4) is 6.07 Å². The van der Waals surface area contributed by atoms with E-state index in [0.29, 0.717) is 12.3 Å². The van der Waals surface area contributed by atoms with Gasteiger partial charge in [0.05, 0.1) is 6.07 Å². The lowest BCUT2D eigenvalue weighted by Gasteiger charge is -2.32. The van der Waals surface area contributed by atoms with Gasteiger partial charge in [-0.2, -0.15) is 5.26 Å². The van der Waals surface area contributed by atoms with Gasteiger partial charge < -0.3 is 4.90 Å². The summed E-state index contributed by atoms with van der Waals surface area (Å²) in [7, 11) is 2.14. The fourth-order valence-electron chi connectivity index (χ4n) is 1.76. The Balaban J connectivity index is 2.64. The molecule has 1 rings (SSSR count). The average Bonchev–Trinajstić information content (AvgIpc) is 2.16. The van der Waals surface area contributed by atoms with Crippen molar-refractivity contribution in [2.75, 3.05) is 13.6 Å². The molecule has 2 nitrogen and oxygen atoms in total. The second kappa shape index (κ2) is 2.83. The first-order valence-electron chi connectivity index (χ1n) is 4.17. The predicted molar refractivity (Wildman–Crippen MR) is 45.0 cm³/mol. The van der Waals surface area contributed by atoms with E-state index in [1.54, 1.807) is 0 Å². The van der Waals surface area contributed by atoms with Crippen molar-refractivity contribution >= 4 is 0 Å². The van der Waals surface area contributed by atoms with Crippen molar-refractivity contribution in [3.63, 3.8) is 0 Å². The van der Waals surface area contributed by atoms with E-state index in [1.807, 2.05) is 0 Å². The van der Waals surface area contributed by atoms with Crippen LogP contribution in [0.15, 0.2) is 0 Å². The molecule has 11 heavy (non-hydrogen) atoms. The van der Waals surface area contributed by atoms with Crippen LogP contribution in [-0.4, -0.2) is 24.0 Å². The maximum absolute atomic E-state index is 8.58. The minimum atomic E-state index is 0.232. The van der Waals surface area contributed by atoms with Crippen molar-refractivity contribution in [2.45, 2.75) is 32.2 Å². The molecule has 0 bridgehead atoms. The van der Waals surface area contributed by atoms with Crippen molar-refractivity contribution in [1.82, 2.24) is 4.90 Å². The number of rotatable bonds is 1. The average molecular weight is 152 g/mol. The Morgan fingerprint density at radius 1 is 1.64 bits per heavy atom. The molecule has 1 fully saturated rings. The third-order valence-electron chi connectivity index (χ3n) is 3.13. The summed E-state index contributed by atoms with van der Waals surface area (Å²) in [6, 6.07) is 2.26. The molecule has 1 heterocycles. The first-order valence-corrected chi connectivity index (χ1v) is 4.17. The smallest absolute Gasteiger partial charge is 0.0625 e. The highest BCUT2D eigenvalue weighted by molar-refractivity contribution is 4.97. The summed E-state index contributed by atoms with van der Waals surface area (Å²) in [5, 5.41) is 8.58. The molecular weight excluding hydrogens is 136 g/mol. The third-order valence-corrected chi connectivity index (χ3v) is 3.13. The lowest BCUT2D eigenvalue weighted by atomic mass is 9.86. The van der Waals surface area contributed by atoms with Gasteiger partial charge in [-0.05, 0) is 39.8 Å². The van der Waals surface area contributed by atoms with E-state index >= 15 is 0 Å². The van der Waals surface area contributed by atoms with E-state index in [1.165, 1.54) is 6.42 Å². The van der Waals surface area contributed by atoms with Crippen LogP contribution in [0, 0.1) is 17.2 Å². The second-order valence-electron chi connectivity index (χ2n) is 3.92. The van der Waals surface area contributed by atoms with Crippen molar-refractivity contribution in [3.05, 3.63) is 0 Å². The monoisotopic (exact) mass is 152 g/mol. The molecule has 0 aromatic rings. The van der Waals surface area contributed by atoms with Gasteiger partial charge in [-0.15, -0.1) is 0 Å². The summed E-state index contributed by atoms with van der Waals surface area (Å²) in [5.41, 5.74) is 0.232. The molecule has 2 heteroatoms. The first kappa shape index (κ1) is 8.55. The van der Waals surface area contributed by atoms with Gasteiger partial charge in [0.15, 0.2) is 0 Å². The van der Waals surface area contributed by atoms with Crippen LogP contribution in [0.5, 0.6) is 0 Å². The minimum Gasteiger partial charge on any atom is -0.301 e. The van der Waals surface area contributed by atoms with E-state index in [2.05, 4.69) is 31.9 Å². The van der Waals surface area contributed by atoms with Gasteiger partial charge in [-0.1, -0.05) is 0 Å². The van der Waals surface area contributed by atoms with E-state index < -0.39 is 0 Å². The molecule has 0 saturated carbocycles. The summed E-state index contributed by atoms with van der Waals surface area (Å²) in [6.45, 7) is 5.59. The van der Waals surface area contributed by atoms with Gasteiger partial charge in [0.2, 0.25) is 0 Å². The molecule has 1 aliphatic rings. The van der Waals surface area contributed by atoms with Crippen molar-refractivity contribution in [2.24, 2.45) is 5.92 Å². The Kier molecular flexibility index (Phi) is 2.20.